The number of benzene rings is 4. The van der Waals surface area contributed by atoms with E-state index in [9.17, 15) is 4.79 Å². The number of hydrogen-bond acceptors (Lipinski definition) is 2. The molecule has 1 aromatic heterocycles. The van der Waals surface area contributed by atoms with Crippen molar-refractivity contribution in [1.82, 2.24) is 9.55 Å². The highest BCUT2D eigenvalue weighted by atomic mass is 16.1. The monoisotopic (exact) mass is 400 g/mol. The standard InChI is InChI=1S/C28H20N2O/c31-28-25-17-9-10-18-26(25)29-27(30(28)23-14-5-2-6-15-23)24-16-8-7-13-22(24)20-19-21-11-3-1-4-12-21/h1-20H/b20-19+. The van der Waals surface area contributed by atoms with E-state index in [0.29, 0.717) is 16.7 Å². The number of nitrogens with zero attached hydrogens (tertiary/aromatic N) is 2. The molecular formula is C28H20N2O. The summed E-state index contributed by atoms with van der Waals surface area (Å²) in [6.45, 7) is 0. The van der Waals surface area contributed by atoms with Gasteiger partial charge in [0.25, 0.3) is 5.56 Å². The molecule has 0 radical (unpaired) electrons. The zero-order valence-electron chi connectivity index (χ0n) is 16.8. The molecule has 0 bridgehead atoms. The lowest BCUT2D eigenvalue weighted by molar-refractivity contribution is 0.975. The van der Waals surface area contributed by atoms with Gasteiger partial charge in [-0.1, -0.05) is 97.1 Å². The van der Waals surface area contributed by atoms with Gasteiger partial charge < -0.3 is 0 Å². The Hall–Kier alpha value is -4.24. The Morgan fingerprint density at radius 2 is 1.29 bits per heavy atom. The summed E-state index contributed by atoms with van der Waals surface area (Å²) >= 11 is 0. The Labute approximate surface area is 180 Å². The van der Waals surface area contributed by atoms with Crippen molar-refractivity contribution in [3.63, 3.8) is 0 Å². The summed E-state index contributed by atoms with van der Waals surface area (Å²) in [6, 6.07) is 35.4. The minimum absolute atomic E-state index is 0.0753. The van der Waals surface area contributed by atoms with Gasteiger partial charge in [-0.15, -0.1) is 0 Å². The van der Waals surface area contributed by atoms with Crippen LogP contribution in [0.2, 0.25) is 0 Å². The highest BCUT2D eigenvalue weighted by Crippen LogP contribution is 2.26. The van der Waals surface area contributed by atoms with Crippen molar-refractivity contribution in [3.8, 4) is 17.1 Å². The zero-order chi connectivity index (χ0) is 21.0. The topological polar surface area (TPSA) is 34.9 Å². The van der Waals surface area contributed by atoms with Crippen molar-refractivity contribution >= 4 is 23.1 Å². The van der Waals surface area contributed by atoms with E-state index in [-0.39, 0.29) is 5.56 Å². The lowest BCUT2D eigenvalue weighted by Gasteiger charge is -2.15. The maximum absolute atomic E-state index is 13.5. The Bertz CT molecular complexity index is 1430. The molecule has 1 heterocycles. The highest BCUT2D eigenvalue weighted by Gasteiger charge is 2.15. The maximum atomic E-state index is 13.5. The lowest BCUT2D eigenvalue weighted by Crippen LogP contribution is -2.22. The molecule has 5 rings (SSSR count). The Kier molecular flexibility index (Phi) is 4.99. The first-order chi connectivity index (χ1) is 15.3. The van der Waals surface area contributed by atoms with Crippen LogP contribution in [0.15, 0.2) is 114 Å². The molecule has 0 aliphatic rings. The summed E-state index contributed by atoms with van der Waals surface area (Å²) < 4.78 is 1.71. The van der Waals surface area contributed by atoms with Gasteiger partial charge in [0.15, 0.2) is 0 Å². The molecule has 0 atom stereocenters. The molecule has 4 aromatic carbocycles. The lowest BCUT2D eigenvalue weighted by atomic mass is 10.0. The SMILES string of the molecule is O=c1c2ccccc2nc(-c2ccccc2/C=C/c2ccccc2)n1-c1ccccc1. The van der Waals surface area contributed by atoms with E-state index in [1.807, 2.05) is 97.1 Å². The van der Waals surface area contributed by atoms with Crippen LogP contribution in [0.3, 0.4) is 0 Å². The van der Waals surface area contributed by atoms with Crippen LogP contribution in [0.1, 0.15) is 11.1 Å². The van der Waals surface area contributed by atoms with Crippen LogP contribution >= 0.6 is 0 Å². The molecule has 0 aliphatic carbocycles. The first kappa shape index (κ1) is 18.8. The second kappa shape index (κ2) is 8.25. The van der Waals surface area contributed by atoms with Gasteiger partial charge in [-0.25, -0.2) is 4.98 Å². The number of rotatable bonds is 4. The number of fused-ring (bicyclic) bond motifs is 1. The summed E-state index contributed by atoms with van der Waals surface area (Å²) in [5.41, 5.74) is 4.43. The summed E-state index contributed by atoms with van der Waals surface area (Å²) in [5.74, 6) is 0.628. The summed E-state index contributed by atoms with van der Waals surface area (Å²) in [7, 11) is 0. The fourth-order valence-corrected chi connectivity index (χ4v) is 3.73. The number of para-hydroxylation sites is 2. The smallest absolute Gasteiger partial charge is 0.266 e. The van der Waals surface area contributed by atoms with E-state index in [0.717, 1.165) is 22.4 Å². The van der Waals surface area contributed by atoms with Gasteiger partial charge in [0, 0.05) is 5.56 Å². The van der Waals surface area contributed by atoms with Crippen molar-refractivity contribution in [3.05, 3.63) is 131 Å². The fourth-order valence-electron chi connectivity index (χ4n) is 3.73. The Balaban J connectivity index is 1.76. The molecule has 0 unspecified atom stereocenters. The van der Waals surface area contributed by atoms with E-state index in [2.05, 4.69) is 24.3 Å². The van der Waals surface area contributed by atoms with Gasteiger partial charge >= 0.3 is 0 Å². The molecule has 5 aromatic rings. The van der Waals surface area contributed by atoms with E-state index < -0.39 is 0 Å². The predicted octanol–water partition coefficient (Wildman–Crippen LogP) is 6.22. The van der Waals surface area contributed by atoms with Crippen LogP contribution in [0.25, 0.3) is 40.1 Å². The molecule has 0 saturated heterocycles. The molecule has 0 saturated carbocycles. The van der Waals surface area contributed by atoms with Gasteiger partial charge in [0.1, 0.15) is 5.82 Å². The molecule has 0 amide bonds. The average molecular weight is 400 g/mol. The van der Waals surface area contributed by atoms with E-state index in [1.165, 1.54) is 0 Å². The normalized spacial score (nSPS) is 11.2. The molecule has 0 N–H and O–H groups in total. The summed E-state index contributed by atoms with van der Waals surface area (Å²) in [6.07, 6.45) is 4.15. The zero-order valence-corrected chi connectivity index (χ0v) is 16.8. The number of hydrogen-bond donors (Lipinski definition) is 0. The predicted molar refractivity (Wildman–Crippen MR) is 128 cm³/mol. The van der Waals surface area contributed by atoms with E-state index in [1.54, 1.807) is 4.57 Å². The number of aromatic nitrogens is 2. The van der Waals surface area contributed by atoms with Crippen molar-refractivity contribution < 1.29 is 0 Å². The van der Waals surface area contributed by atoms with Crippen molar-refractivity contribution in [2.75, 3.05) is 0 Å². The summed E-state index contributed by atoms with van der Waals surface area (Å²) in [5, 5.41) is 0.604. The quantitative estimate of drug-likeness (QED) is 0.336. The molecule has 0 aliphatic heterocycles. The molecular weight excluding hydrogens is 380 g/mol. The van der Waals surface area contributed by atoms with Gasteiger partial charge in [0.2, 0.25) is 0 Å². The minimum atomic E-state index is -0.0753. The Morgan fingerprint density at radius 1 is 0.645 bits per heavy atom. The third kappa shape index (κ3) is 3.69. The largest absolute Gasteiger partial charge is 0.268 e. The minimum Gasteiger partial charge on any atom is -0.268 e. The second-order valence-corrected chi connectivity index (χ2v) is 7.26. The van der Waals surface area contributed by atoms with Crippen LogP contribution in [0, 0.1) is 0 Å². The van der Waals surface area contributed by atoms with Crippen LogP contribution in [-0.4, -0.2) is 9.55 Å². The summed E-state index contributed by atoms with van der Waals surface area (Å²) in [4.78, 5) is 18.4. The first-order valence-corrected chi connectivity index (χ1v) is 10.2. The van der Waals surface area contributed by atoms with E-state index in [4.69, 9.17) is 4.98 Å². The van der Waals surface area contributed by atoms with Crippen LogP contribution in [-0.2, 0) is 0 Å². The molecule has 31 heavy (non-hydrogen) atoms. The van der Waals surface area contributed by atoms with Gasteiger partial charge in [-0.2, -0.15) is 0 Å². The molecule has 0 spiro atoms. The van der Waals surface area contributed by atoms with Crippen LogP contribution < -0.4 is 5.56 Å². The van der Waals surface area contributed by atoms with Crippen LogP contribution in [0.5, 0.6) is 0 Å². The molecule has 0 fully saturated rings. The maximum Gasteiger partial charge on any atom is 0.266 e. The third-order valence-corrected chi connectivity index (χ3v) is 5.25. The molecule has 148 valence electrons. The second-order valence-electron chi connectivity index (χ2n) is 7.26. The third-order valence-electron chi connectivity index (χ3n) is 5.25. The highest BCUT2D eigenvalue weighted by molar-refractivity contribution is 5.84. The molecule has 3 nitrogen and oxygen atoms in total. The van der Waals surface area contributed by atoms with Crippen molar-refractivity contribution in [1.29, 1.82) is 0 Å². The van der Waals surface area contributed by atoms with E-state index >= 15 is 0 Å². The fraction of sp³-hybridized carbons (Fsp3) is 0. The molecule has 3 heteroatoms. The first-order valence-electron chi connectivity index (χ1n) is 10.2. The van der Waals surface area contributed by atoms with Crippen LogP contribution in [0.4, 0.5) is 0 Å². The average Bonchev–Trinajstić information content (AvgIpc) is 2.84. The Morgan fingerprint density at radius 3 is 2.10 bits per heavy atom. The van der Waals surface area contributed by atoms with Gasteiger partial charge in [-0.3, -0.25) is 9.36 Å². The van der Waals surface area contributed by atoms with Gasteiger partial charge in [-0.05, 0) is 35.4 Å². The van der Waals surface area contributed by atoms with Crippen molar-refractivity contribution in [2.24, 2.45) is 0 Å². The van der Waals surface area contributed by atoms with Crippen molar-refractivity contribution in [2.45, 2.75) is 0 Å². The van der Waals surface area contributed by atoms with Gasteiger partial charge in [0.05, 0.1) is 16.6 Å².